The summed E-state index contributed by atoms with van der Waals surface area (Å²) in [5.41, 5.74) is 9.48. The number of anilines is 2. The molecule has 1 saturated heterocycles. The van der Waals surface area contributed by atoms with Crippen LogP contribution in [0.1, 0.15) is 73.9 Å². The molecule has 0 saturated carbocycles. The second kappa shape index (κ2) is 11.2. The first-order valence-corrected chi connectivity index (χ1v) is 14.4. The maximum absolute atomic E-state index is 5.97. The summed E-state index contributed by atoms with van der Waals surface area (Å²) in [4.78, 5) is 9.38. The van der Waals surface area contributed by atoms with Crippen molar-refractivity contribution >= 4 is 28.7 Å². The van der Waals surface area contributed by atoms with Gasteiger partial charge in [0.05, 0.1) is 17.8 Å². The van der Waals surface area contributed by atoms with Gasteiger partial charge in [0, 0.05) is 47.7 Å². The molecular formula is C33H39N5S. The number of nitrogens with one attached hydrogen (secondary N) is 1. The number of nitrogens with zero attached hydrogens (tertiary/aromatic N) is 4. The molecular weight excluding hydrogens is 498 g/mol. The van der Waals surface area contributed by atoms with Crippen molar-refractivity contribution in [1.29, 1.82) is 0 Å². The molecule has 1 aliphatic heterocycles. The molecule has 0 amide bonds. The number of aryl methyl sites for hydroxylation is 1. The van der Waals surface area contributed by atoms with Crippen LogP contribution in [0, 0.1) is 13.8 Å². The second-order valence-electron chi connectivity index (χ2n) is 10.6. The van der Waals surface area contributed by atoms with Gasteiger partial charge >= 0.3 is 0 Å². The van der Waals surface area contributed by atoms with E-state index in [0.717, 1.165) is 29.6 Å². The van der Waals surface area contributed by atoms with Gasteiger partial charge in [-0.15, -0.1) is 0 Å². The molecule has 5 rings (SSSR count). The van der Waals surface area contributed by atoms with Crippen LogP contribution in [0.4, 0.5) is 11.4 Å². The molecule has 0 bridgehead atoms. The quantitative estimate of drug-likeness (QED) is 0.234. The Morgan fingerprint density at radius 1 is 0.923 bits per heavy atom. The fraction of sp³-hybridized carbons (Fsp3) is 0.333. The van der Waals surface area contributed by atoms with Crippen molar-refractivity contribution in [3.63, 3.8) is 0 Å². The largest absolute Gasteiger partial charge is 0.372 e. The number of rotatable bonds is 8. The van der Waals surface area contributed by atoms with Gasteiger partial charge in [0.1, 0.15) is 0 Å². The molecule has 39 heavy (non-hydrogen) atoms. The van der Waals surface area contributed by atoms with Gasteiger partial charge in [0.2, 0.25) is 0 Å². The Hall–Kier alpha value is -3.64. The van der Waals surface area contributed by atoms with Crippen molar-refractivity contribution in [3.8, 4) is 5.69 Å². The Morgan fingerprint density at radius 3 is 2.18 bits per heavy atom. The Kier molecular flexibility index (Phi) is 7.76. The zero-order valence-corrected chi connectivity index (χ0v) is 24.7. The highest BCUT2D eigenvalue weighted by molar-refractivity contribution is 7.80. The summed E-state index contributed by atoms with van der Waals surface area (Å²) in [5, 5.41) is 4.34. The predicted molar refractivity (Wildman–Crippen MR) is 167 cm³/mol. The SMILES string of the molecule is CCN(CC)c1ccc(-n2c(C)cc([C@@H]3[C@@H](c4ccccn4)NC(=S)N3c3ccc(C(C)C)cc3)c2C)cc1. The minimum atomic E-state index is -0.0672. The number of hydrogen-bond donors (Lipinski definition) is 1. The topological polar surface area (TPSA) is 36.3 Å². The summed E-state index contributed by atoms with van der Waals surface area (Å²) < 4.78 is 2.36. The third-order valence-corrected chi connectivity index (χ3v) is 8.28. The maximum Gasteiger partial charge on any atom is 0.174 e. The van der Waals surface area contributed by atoms with Crippen molar-refractivity contribution in [2.75, 3.05) is 22.9 Å². The summed E-state index contributed by atoms with van der Waals surface area (Å²) >= 11 is 5.97. The van der Waals surface area contributed by atoms with Gasteiger partial charge in [-0.05, 0) is 112 Å². The molecule has 6 heteroatoms. The molecule has 1 N–H and O–H groups in total. The monoisotopic (exact) mass is 537 g/mol. The Morgan fingerprint density at radius 2 is 1.59 bits per heavy atom. The molecule has 0 spiro atoms. The normalized spacial score (nSPS) is 17.1. The molecule has 202 valence electrons. The van der Waals surface area contributed by atoms with Crippen LogP contribution in [-0.2, 0) is 0 Å². The lowest BCUT2D eigenvalue weighted by Crippen LogP contribution is -2.29. The van der Waals surface area contributed by atoms with Crippen LogP contribution >= 0.6 is 12.2 Å². The van der Waals surface area contributed by atoms with Crippen molar-refractivity contribution in [2.45, 2.75) is 59.5 Å². The molecule has 5 nitrogen and oxygen atoms in total. The van der Waals surface area contributed by atoms with Gasteiger partial charge in [-0.25, -0.2) is 0 Å². The molecule has 0 aliphatic carbocycles. The van der Waals surface area contributed by atoms with Crippen LogP contribution in [0.5, 0.6) is 0 Å². The first-order chi connectivity index (χ1) is 18.8. The number of hydrogen-bond acceptors (Lipinski definition) is 3. The third kappa shape index (κ3) is 5.06. The van der Waals surface area contributed by atoms with Crippen molar-refractivity contribution in [2.24, 2.45) is 0 Å². The van der Waals surface area contributed by atoms with Crippen LogP contribution in [-0.4, -0.2) is 27.8 Å². The molecule has 3 heterocycles. The smallest absolute Gasteiger partial charge is 0.174 e. The first-order valence-electron chi connectivity index (χ1n) is 14.0. The molecule has 4 aromatic rings. The fourth-order valence-corrected chi connectivity index (χ4v) is 6.20. The van der Waals surface area contributed by atoms with Crippen LogP contribution in [0.3, 0.4) is 0 Å². The van der Waals surface area contributed by atoms with Gasteiger partial charge in [0.15, 0.2) is 5.11 Å². The van der Waals surface area contributed by atoms with E-state index in [1.807, 2.05) is 18.3 Å². The molecule has 2 aromatic carbocycles. The number of aromatic nitrogens is 2. The molecule has 0 radical (unpaired) electrons. The van der Waals surface area contributed by atoms with Crippen molar-refractivity contribution < 1.29 is 0 Å². The highest BCUT2D eigenvalue weighted by Crippen LogP contribution is 2.44. The summed E-state index contributed by atoms with van der Waals surface area (Å²) in [6.07, 6.45) is 1.86. The van der Waals surface area contributed by atoms with Crippen LogP contribution in [0.2, 0.25) is 0 Å². The Balaban J connectivity index is 1.60. The molecule has 2 atom stereocenters. The van der Waals surface area contributed by atoms with Gasteiger partial charge < -0.3 is 19.7 Å². The first kappa shape index (κ1) is 26.9. The lowest BCUT2D eigenvalue weighted by molar-refractivity contribution is 0.565. The second-order valence-corrected chi connectivity index (χ2v) is 11.0. The molecule has 2 aromatic heterocycles. The lowest BCUT2D eigenvalue weighted by atomic mass is 9.96. The van der Waals surface area contributed by atoms with E-state index in [9.17, 15) is 0 Å². The summed E-state index contributed by atoms with van der Waals surface area (Å²) in [6, 6.07) is 26.1. The van der Waals surface area contributed by atoms with E-state index < -0.39 is 0 Å². The van der Waals surface area contributed by atoms with E-state index in [1.165, 1.54) is 33.9 Å². The van der Waals surface area contributed by atoms with Gasteiger partial charge in [0.25, 0.3) is 0 Å². The van der Waals surface area contributed by atoms with E-state index in [2.05, 4.69) is 122 Å². The van der Waals surface area contributed by atoms with Gasteiger partial charge in [-0.3, -0.25) is 4.98 Å². The van der Waals surface area contributed by atoms with E-state index in [-0.39, 0.29) is 12.1 Å². The van der Waals surface area contributed by atoms with Gasteiger partial charge in [-0.2, -0.15) is 0 Å². The zero-order valence-electron chi connectivity index (χ0n) is 23.8. The standard InChI is InChI=1S/C33H39N5S/c1-7-36(8-2)26-16-18-27(19-17-26)37-23(5)21-29(24(37)6)32-31(30-11-9-10-20-34-30)35-33(39)38(32)28-14-12-25(13-15-28)22(3)4/h9-22,31-32H,7-8H2,1-6H3,(H,35,39)/t31-,32-/m1/s1. The third-order valence-electron chi connectivity index (χ3n) is 7.96. The maximum atomic E-state index is 5.97. The van der Waals surface area contributed by atoms with E-state index in [0.29, 0.717) is 5.92 Å². The average Bonchev–Trinajstić information content (AvgIpc) is 3.45. The van der Waals surface area contributed by atoms with Crippen LogP contribution < -0.4 is 15.1 Å². The Bertz CT molecular complexity index is 1420. The predicted octanol–water partition coefficient (Wildman–Crippen LogP) is 7.64. The molecule has 1 aliphatic rings. The van der Waals surface area contributed by atoms with Crippen LogP contribution in [0.15, 0.2) is 79.0 Å². The summed E-state index contributed by atoms with van der Waals surface area (Å²) in [6.45, 7) is 15.2. The number of benzene rings is 2. The van der Waals surface area contributed by atoms with Crippen LogP contribution in [0.25, 0.3) is 5.69 Å². The summed E-state index contributed by atoms with van der Waals surface area (Å²) in [5.74, 6) is 0.479. The van der Waals surface area contributed by atoms with Gasteiger partial charge in [-0.1, -0.05) is 32.0 Å². The molecule has 0 unspecified atom stereocenters. The zero-order chi connectivity index (χ0) is 27.7. The van der Waals surface area contributed by atoms with Crippen molar-refractivity contribution in [3.05, 3.63) is 107 Å². The summed E-state index contributed by atoms with van der Waals surface area (Å²) in [7, 11) is 0. The van der Waals surface area contributed by atoms with E-state index in [4.69, 9.17) is 17.2 Å². The highest BCUT2D eigenvalue weighted by Gasteiger charge is 2.42. The number of thiocarbonyl (C=S) groups is 1. The Labute approximate surface area is 238 Å². The molecule has 1 fully saturated rings. The minimum absolute atomic E-state index is 0.0350. The lowest BCUT2D eigenvalue weighted by Gasteiger charge is -2.28. The van der Waals surface area contributed by atoms with E-state index in [1.54, 1.807) is 0 Å². The van der Waals surface area contributed by atoms with E-state index >= 15 is 0 Å². The fourth-order valence-electron chi connectivity index (χ4n) is 5.85. The number of pyridine rings is 1. The highest BCUT2D eigenvalue weighted by atomic mass is 32.1. The average molecular weight is 538 g/mol. The minimum Gasteiger partial charge on any atom is -0.372 e. The van der Waals surface area contributed by atoms with Crippen molar-refractivity contribution in [1.82, 2.24) is 14.9 Å².